The molecule has 0 radical (unpaired) electrons. The summed E-state index contributed by atoms with van der Waals surface area (Å²) in [5.74, 6) is 0. The van der Waals surface area contributed by atoms with Crippen LogP contribution in [0.2, 0.25) is 0 Å². The van der Waals surface area contributed by atoms with Gasteiger partial charge in [-0.2, -0.15) is 24.5 Å². The molecule has 7 nitrogen and oxygen atoms in total. The summed E-state index contributed by atoms with van der Waals surface area (Å²) in [6.07, 6.45) is -1.72. The van der Waals surface area contributed by atoms with Crippen molar-refractivity contribution in [2.24, 2.45) is 0 Å². The molecule has 2 aromatic carbocycles. The van der Waals surface area contributed by atoms with Gasteiger partial charge in [-0.05, 0) is 64.9 Å². The van der Waals surface area contributed by atoms with E-state index in [-0.39, 0.29) is 22.0 Å². The van der Waals surface area contributed by atoms with Gasteiger partial charge in [0.1, 0.15) is 0 Å². The smallest absolute Gasteiger partial charge is 0.308 e. The highest BCUT2D eigenvalue weighted by Gasteiger charge is 2.30. The maximum Gasteiger partial charge on any atom is 0.416 e. The molecule has 2 amide bonds. The monoisotopic (exact) mass is 518 g/mol. The number of urea groups is 1. The van der Waals surface area contributed by atoms with Crippen molar-refractivity contribution in [3.05, 3.63) is 89.4 Å². The van der Waals surface area contributed by atoms with Gasteiger partial charge in [0.2, 0.25) is 0 Å². The second kappa shape index (κ2) is 9.76. The van der Waals surface area contributed by atoms with Crippen LogP contribution in [0.25, 0.3) is 11.1 Å². The van der Waals surface area contributed by atoms with E-state index >= 15 is 0 Å². The fourth-order valence-electron chi connectivity index (χ4n) is 3.16. The number of hydrogen-bond acceptors (Lipinski definition) is 5. The molecule has 2 aromatic heterocycles. The van der Waals surface area contributed by atoms with Crippen molar-refractivity contribution in [2.45, 2.75) is 11.1 Å². The number of thiophene rings is 1. The number of amides is 2. The number of rotatable bonds is 6. The van der Waals surface area contributed by atoms with Crippen LogP contribution in [-0.4, -0.2) is 19.4 Å². The third-order valence-electron chi connectivity index (χ3n) is 4.74. The van der Waals surface area contributed by atoms with Gasteiger partial charge in [0.05, 0.1) is 28.0 Å². The van der Waals surface area contributed by atoms with E-state index in [1.54, 1.807) is 18.2 Å². The maximum atomic E-state index is 13.0. The standard InChI is InChI=1S/C23H17F3N4O3S2/c24-23(25,26)16-3-1-4-17(11-16)28-22(31)29-21-12-19(6-7-20(21)15-8-10-34-14-15)35(32,33)30-18-5-2-9-27-13-18/h1-14,30H,(H2,28,29,31). The quantitative estimate of drug-likeness (QED) is 0.280. The lowest BCUT2D eigenvalue weighted by Crippen LogP contribution is -2.21. The van der Waals surface area contributed by atoms with E-state index in [1.165, 1.54) is 54.1 Å². The fourth-order valence-corrected chi connectivity index (χ4v) is 4.88. The molecule has 35 heavy (non-hydrogen) atoms. The highest BCUT2D eigenvalue weighted by Crippen LogP contribution is 2.33. The molecule has 2 heterocycles. The van der Waals surface area contributed by atoms with Crippen LogP contribution in [-0.2, 0) is 16.2 Å². The van der Waals surface area contributed by atoms with Crippen LogP contribution in [0, 0.1) is 0 Å². The summed E-state index contributed by atoms with van der Waals surface area (Å²) >= 11 is 1.41. The maximum absolute atomic E-state index is 13.0. The molecule has 4 rings (SSSR count). The van der Waals surface area contributed by atoms with Crippen LogP contribution < -0.4 is 15.4 Å². The molecule has 3 N–H and O–H groups in total. The topological polar surface area (TPSA) is 100 Å². The van der Waals surface area contributed by atoms with Crippen LogP contribution in [0.15, 0.2) is 88.7 Å². The van der Waals surface area contributed by atoms with Crippen molar-refractivity contribution in [2.75, 3.05) is 15.4 Å². The van der Waals surface area contributed by atoms with Crippen molar-refractivity contribution in [3.8, 4) is 11.1 Å². The molecule has 0 aliphatic carbocycles. The van der Waals surface area contributed by atoms with Gasteiger partial charge < -0.3 is 10.6 Å². The number of alkyl halides is 3. The molecule has 0 spiro atoms. The largest absolute Gasteiger partial charge is 0.416 e. The number of pyridine rings is 1. The summed E-state index contributed by atoms with van der Waals surface area (Å²) in [6, 6.07) is 12.4. The number of anilines is 3. The van der Waals surface area contributed by atoms with Crippen LogP contribution in [0.4, 0.5) is 35.0 Å². The van der Waals surface area contributed by atoms with Gasteiger partial charge in [0.25, 0.3) is 10.0 Å². The van der Waals surface area contributed by atoms with Crippen molar-refractivity contribution in [1.82, 2.24) is 4.98 Å². The molecule has 0 saturated carbocycles. The van der Waals surface area contributed by atoms with Crippen molar-refractivity contribution in [3.63, 3.8) is 0 Å². The lowest BCUT2D eigenvalue weighted by atomic mass is 10.1. The van der Waals surface area contributed by atoms with Gasteiger partial charge in [-0.1, -0.05) is 12.1 Å². The molecule has 0 aliphatic rings. The van der Waals surface area contributed by atoms with E-state index in [0.717, 1.165) is 17.7 Å². The first-order chi connectivity index (χ1) is 16.6. The summed E-state index contributed by atoms with van der Waals surface area (Å²) in [4.78, 5) is 16.4. The Bertz CT molecular complexity index is 1440. The third kappa shape index (κ3) is 5.97. The molecular weight excluding hydrogens is 501 g/mol. The molecule has 180 valence electrons. The molecule has 0 unspecified atom stereocenters. The van der Waals surface area contributed by atoms with Crippen molar-refractivity contribution >= 4 is 44.5 Å². The van der Waals surface area contributed by atoms with Crippen LogP contribution >= 0.6 is 11.3 Å². The number of halogens is 3. The SMILES string of the molecule is O=C(Nc1cccc(C(F)(F)F)c1)Nc1cc(S(=O)(=O)Nc2cccnc2)ccc1-c1ccsc1. The number of nitrogens with one attached hydrogen (secondary N) is 3. The van der Waals surface area contributed by atoms with Gasteiger partial charge in [0, 0.05) is 17.4 Å². The van der Waals surface area contributed by atoms with E-state index in [9.17, 15) is 26.4 Å². The molecule has 12 heteroatoms. The summed E-state index contributed by atoms with van der Waals surface area (Å²) < 4.78 is 67.1. The Morgan fingerprint density at radius 2 is 1.74 bits per heavy atom. The summed E-state index contributed by atoms with van der Waals surface area (Å²) in [5.41, 5.74) is 0.688. The number of aromatic nitrogens is 1. The zero-order valence-electron chi connectivity index (χ0n) is 17.7. The Labute approximate surface area is 202 Å². The Balaban J connectivity index is 1.63. The predicted octanol–water partition coefficient (Wildman–Crippen LogP) is 6.27. The Morgan fingerprint density at radius 3 is 2.43 bits per heavy atom. The minimum absolute atomic E-state index is 0.0728. The molecular formula is C23H17F3N4O3S2. The summed E-state index contributed by atoms with van der Waals surface area (Å²) in [6.45, 7) is 0. The lowest BCUT2D eigenvalue weighted by Gasteiger charge is -2.15. The average Bonchev–Trinajstić information content (AvgIpc) is 3.34. The van der Waals surface area contributed by atoms with Crippen LogP contribution in [0.1, 0.15) is 5.56 Å². The molecule has 0 fully saturated rings. The first-order valence-electron chi connectivity index (χ1n) is 9.96. The summed E-state index contributed by atoms with van der Waals surface area (Å²) in [5, 5.41) is 8.53. The lowest BCUT2D eigenvalue weighted by molar-refractivity contribution is -0.137. The predicted molar refractivity (Wildman–Crippen MR) is 129 cm³/mol. The Morgan fingerprint density at radius 1 is 0.943 bits per heavy atom. The Kier molecular flexibility index (Phi) is 6.76. The second-order valence-corrected chi connectivity index (χ2v) is 9.69. The minimum Gasteiger partial charge on any atom is -0.308 e. The zero-order chi connectivity index (χ0) is 25.1. The van der Waals surface area contributed by atoms with Gasteiger partial charge in [0.15, 0.2) is 0 Å². The van der Waals surface area contributed by atoms with Gasteiger partial charge in [-0.15, -0.1) is 0 Å². The van der Waals surface area contributed by atoms with Crippen molar-refractivity contribution < 1.29 is 26.4 Å². The first-order valence-corrected chi connectivity index (χ1v) is 12.4. The number of sulfonamides is 1. The van der Waals surface area contributed by atoms with E-state index in [1.807, 2.05) is 10.8 Å². The fraction of sp³-hybridized carbons (Fsp3) is 0.0435. The minimum atomic E-state index is -4.57. The molecule has 0 saturated heterocycles. The third-order valence-corrected chi connectivity index (χ3v) is 6.81. The average molecular weight is 519 g/mol. The molecule has 0 aliphatic heterocycles. The molecule has 4 aromatic rings. The zero-order valence-corrected chi connectivity index (χ0v) is 19.3. The number of benzene rings is 2. The summed E-state index contributed by atoms with van der Waals surface area (Å²) in [7, 11) is -4.02. The highest BCUT2D eigenvalue weighted by molar-refractivity contribution is 7.92. The van der Waals surface area contributed by atoms with Crippen LogP contribution in [0.3, 0.4) is 0 Å². The normalized spacial score (nSPS) is 11.6. The molecule has 0 atom stereocenters. The van der Waals surface area contributed by atoms with Gasteiger partial charge >= 0.3 is 12.2 Å². The number of hydrogen-bond donors (Lipinski definition) is 3. The van der Waals surface area contributed by atoms with Gasteiger partial charge in [-0.3, -0.25) is 9.71 Å². The molecule has 0 bridgehead atoms. The van der Waals surface area contributed by atoms with Crippen LogP contribution in [0.5, 0.6) is 0 Å². The van der Waals surface area contributed by atoms with E-state index in [4.69, 9.17) is 0 Å². The highest BCUT2D eigenvalue weighted by atomic mass is 32.2. The van der Waals surface area contributed by atoms with E-state index in [2.05, 4.69) is 20.3 Å². The van der Waals surface area contributed by atoms with E-state index in [0.29, 0.717) is 5.56 Å². The Hall–Kier alpha value is -3.90. The van der Waals surface area contributed by atoms with E-state index < -0.39 is 27.8 Å². The first kappa shape index (κ1) is 24.2. The number of carbonyl (C=O) groups is 1. The van der Waals surface area contributed by atoms with Crippen molar-refractivity contribution in [1.29, 1.82) is 0 Å². The number of nitrogens with zero attached hydrogens (tertiary/aromatic N) is 1. The van der Waals surface area contributed by atoms with Gasteiger partial charge in [-0.25, -0.2) is 13.2 Å². The number of carbonyl (C=O) groups excluding carboxylic acids is 1. The second-order valence-electron chi connectivity index (χ2n) is 7.22.